The minimum absolute atomic E-state index is 0.209. The van der Waals surface area contributed by atoms with Crippen LogP contribution in [-0.4, -0.2) is 20.7 Å². The lowest BCUT2D eigenvalue weighted by Crippen LogP contribution is -2.15. The Morgan fingerprint density at radius 1 is 1.25 bits per heavy atom. The SMILES string of the molecule is Cn1nccc1C(=O)Nc1nc(-c2ccccc2)cs1. The van der Waals surface area contributed by atoms with Gasteiger partial charge >= 0.3 is 0 Å². The molecule has 100 valence electrons. The first-order chi connectivity index (χ1) is 9.74. The number of carbonyl (C=O) groups is 1. The highest BCUT2D eigenvalue weighted by Crippen LogP contribution is 2.24. The van der Waals surface area contributed by atoms with Crippen molar-refractivity contribution in [1.29, 1.82) is 0 Å². The van der Waals surface area contributed by atoms with E-state index in [1.54, 1.807) is 19.3 Å². The van der Waals surface area contributed by atoms with Crippen molar-refractivity contribution >= 4 is 22.4 Å². The van der Waals surface area contributed by atoms with Crippen LogP contribution in [0.4, 0.5) is 5.13 Å². The van der Waals surface area contributed by atoms with Gasteiger partial charge in [-0.3, -0.25) is 14.8 Å². The fourth-order valence-corrected chi connectivity index (χ4v) is 2.55. The fourth-order valence-electron chi connectivity index (χ4n) is 1.83. The van der Waals surface area contributed by atoms with Crippen LogP contribution < -0.4 is 5.32 Å². The van der Waals surface area contributed by atoms with Gasteiger partial charge in [0, 0.05) is 24.2 Å². The molecule has 0 spiro atoms. The molecule has 0 bridgehead atoms. The van der Waals surface area contributed by atoms with Crippen LogP contribution in [0.15, 0.2) is 48.0 Å². The van der Waals surface area contributed by atoms with E-state index in [1.807, 2.05) is 35.7 Å². The molecule has 0 aliphatic carbocycles. The molecule has 5 nitrogen and oxygen atoms in total. The molecule has 3 rings (SSSR count). The van der Waals surface area contributed by atoms with Crippen LogP contribution in [0.25, 0.3) is 11.3 Å². The van der Waals surface area contributed by atoms with Gasteiger partial charge in [-0.05, 0) is 6.07 Å². The summed E-state index contributed by atoms with van der Waals surface area (Å²) in [6.45, 7) is 0. The lowest BCUT2D eigenvalue weighted by molar-refractivity contribution is 0.101. The molecule has 0 radical (unpaired) electrons. The van der Waals surface area contributed by atoms with E-state index in [2.05, 4.69) is 15.4 Å². The Hall–Kier alpha value is -2.47. The highest BCUT2D eigenvalue weighted by Gasteiger charge is 2.12. The molecule has 0 aliphatic heterocycles. The lowest BCUT2D eigenvalue weighted by Gasteiger charge is -2.01. The number of benzene rings is 1. The molecule has 0 saturated carbocycles. The molecule has 0 fully saturated rings. The summed E-state index contributed by atoms with van der Waals surface area (Å²) < 4.78 is 1.53. The summed E-state index contributed by atoms with van der Waals surface area (Å²) in [7, 11) is 1.73. The number of aromatic nitrogens is 3. The number of nitrogens with one attached hydrogen (secondary N) is 1. The molecule has 2 heterocycles. The second-order valence-electron chi connectivity index (χ2n) is 4.20. The average molecular weight is 284 g/mol. The van der Waals surface area contributed by atoms with E-state index in [0.717, 1.165) is 11.3 Å². The van der Waals surface area contributed by atoms with Gasteiger partial charge in [-0.2, -0.15) is 5.10 Å². The predicted molar refractivity (Wildman–Crippen MR) is 78.7 cm³/mol. The number of nitrogens with zero attached hydrogens (tertiary/aromatic N) is 3. The summed E-state index contributed by atoms with van der Waals surface area (Å²) in [6.07, 6.45) is 1.59. The van der Waals surface area contributed by atoms with E-state index < -0.39 is 0 Å². The minimum atomic E-state index is -0.209. The van der Waals surface area contributed by atoms with E-state index >= 15 is 0 Å². The molecule has 1 N–H and O–H groups in total. The number of hydrogen-bond acceptors (Lipinski definition) is 4. The first-order valence-electron chi connectivity index (χ1n) is 6.04. The van der Waals surface area contributed by atoms with Crippen molar-refractivity contribution in [2.45, 2.75) is 0 Å². The smallest absolute Gasteiger partial charge is 0.275 e. The number of thiazole rings is 1. The summed E-state index contributed by atoms with van der Waals surface area (Å²) in [6, 6.07) is 11.5. The van der Waals surface area contributed by atoms with Gasteiger partial charge in [-0.25, -0.2) is 4.98 Å². The van der Waals surface area contributed by atoms with E-state index in [9.17, 15) is 4.79 Å². The Balaban J connectivity index is 1.78. The second-order valence-corrected chi connectivity index (χ2v) is 5.06. The van der Waals surface area contributed by atoms with E-state index in [-0.39, 0.29) is 5.91 Å². The first kappa shape index (κ1) is 12.6. The van der Waals surface area contributed by atoms with Crippen LogP contribution in [0, 0.1) is 0 Å². The van der Waals surface area contributed by atoms with Crippen molar-refractivity contribution in [2.75, 3.05) is 5.32 Å². The maximum Gasteiger partial charge on any atom is 0.275 e. The quantitative estimate of drug-likeness (QED) is 0.804. The maximum absolute atomic E-state index is 12.0. The molecule has 1 aromatic carbocycles. The monoisotopic (exact) mass is 284 g/mol. The average Bonchev–Trinajstić information content (AvgIpc) is 3.09. The Kier molecular flexibility index (Phi) is 3.30. The second kappa shape index (κ2) is 5.26. The molecule has 6 heteroatoms. The lowest BCUT2D eigenvalue weighted by atomic mass is 10.2. The highest BCUT2D eigenvalue weighted by atomic mass is 32.1. The van der Waals surface area contributed by atoms with Gasteiger partial charge in [-0.1, -0.05) is 30.3 Å². The van der Waals surface area contributed by atoms with Gasteiger partial charge in [-0.15, -0.1) is 11.3 Å². The van der Waals surface area contributed by atoms with Crippen molar-refractivity contribution in [2.24, 2.45) is 7.05 Å². The summed E-state index contributed by atoms with van der Waals surface area (Å²) in [5, 5.41) is 9.26. The molecule has 0 aliphatic rings. The normalized spacial score (nSPS) is 10.4. The third kappa shape index (κ3) is 2.46. The van der Waals surface area contributed by atoms with Crippen LogP contribution in [0.3, 0.4) is 0 Å². The number of aryl methyl sites for hydroxylation is 1. The van der Waals surface area contributed by atoms with Gasteiger partial charge in [0.25, 0.3) is 5.91 Å². The van der Waals surface area contributed by atoms with Crippen molar-refractivity contribution < 1.29 is 4.79 Å². The van der Waals surface area contributed by atoms with E-state index in [0.29, 0.717) is 10.8 Å². The molecule has 3 aromatic rings. The zero-order chi connectivity index (χ0) is 13.9. The van der Waals surface area contributed by atoms with Gasteiger partial charge in [0.05, 0.1) is 5.69 Å². The number of amides is 1. The largest absolute Gasteiger partial charge is 0.296 e. The Bertz CT molecular complexity index is 732. The molecular formula is C14H12N4OS. The Labute approximate surface area is 119 Å². The topological polar surface area (TPSA) is 59.8 Å². The van der Waals surface area contributed by atoms with Gasteiger partial charge < -0.3 is 0 Å². The summed E-state index contributed by atoms with van der Waals surface area (Å²) >= 11 is 1.40. The van der Waals surface area contributed by atoms with Crippen molar-refractivity contribution in [1.82, 2.24) is 14.8 Å². The number of carbonyl (C=O) groups excluding carboxylic acids is 1. The highest BCUT2D eigenvalue weighted by molar-refractivity contribution is 7.14. The molecule has 1 amide bonds. The van der Waals surface area contributed by atoms with Crippen molar-refractivity contribution in [3.63, 3.8) is 0 Å². The molecule has 0 saturated heterocycles. The maximum atomic E-state index is 12.0. The third-order valence-electron chi connectivity index (χ3n) is 2.85. The number of hydrogen-bond donors (Lipinski definition) is 1. The van der Waals surface area contributed by atoms with Crippen LogP contribution in [0.2, 0.25) is 0 Å². The Morgan fingerprint density at radius 3 is 2.75 bits per heavy atom. The van der Waals surface area contributed by atoms with Gasteiger partial charge in [0.1, 0.15) is 5.69 Å². The van der Waals surface area contributed by atoms with Crippen LogP contribution in [0.5, 0.6) is 0 Å². The Morgan fingerprint density at radius 2 is 2.05 bits per heavy atom. The standard InChI is InChI=1S/C14H12N4OS/c1-18-12(7-8-15-18)13(19)17-14-16-11(9-20-14)10-5-3-2-4-6-10/h2-9H,1H3,(H,16,17,19). The van der Waals surface area contributed by atoms with Gasteiger partial charge in [0.15, 0.2) is 5.13 Å². The van der Waals surface area contributed by atoms with Crippen LogP contribution in [0.1, 0.15) is 10.5 Å². The summed E-state index contributed by atoms with van der Waals surface area (Å²) in [5.41, 5.74) is 2.39. The molecule has 0 unspecified atom stereocenters. The zero-order valence-corrected chi connectivity index (χ0v) is 11.6. The summed E-state index contributed by atoms with van der Waals surface area (Å²) in [4.78, 5) is 16.5. The van der Waals surface area contributed by atoms with E-state index in [1.165, 1.54) is 16.0 Å². The van der Waals surface area contributed by atoms with Crippen molar-refractivity contribution in [3.8, 4) is 11.3 Å². The summed E-state index contributed by atoms with van der Waals surface area (Å²) in [5.74, 6) is -0.209. The van der Waals surface area contributed by atoms with Crippen LogP contribution >= 0.6 is 11.3 Å². The predicted octanol–water partition coefficient (Wildman–Crippen LogP) is 2.80. The molecule has 2 aromatic heterocycles. The third-order valence-corrected chi connectivity index (χ3v) is 3.61. The zero-order valence-electron chi connectivity index (χ0n) is 10.8. The van der Waals surface area contributed by atoms with Crippen LogP contribution in [-0.2, 0) is 7.05 Å². The number of anilines is 1. The van der Waals surface area contributed by atoms with E-state index in [4.69, 9.17) is 0 Å². The molecule has 20 heavy (non-hydrogen) atoms. The van der Waals surface area contributed by atoms with Crippen molar-refractivity contribution in [3.05, 3.63) is 53.7 Å². The first-order valence-corrected chi connectivity index (χ1v) is 6.92. The fraction of sp³-hybridized carbons (Fsp3) is 0.0714. The van der Waals surface area contributed by atoms with Gasteiger partial charge in [0.2, 0.25) is 0 Å². The minimum Gasteiger partial charge on any atom is -0.296 e. The molecular weight excluding hydrogens is 272 g/mol. The molecule has 0 atom stereocenters. The number of rotatable bonds is 3.